The number of rotatable bonds is 3. The van der Waals surface area contributed by atoms with Gasteiger partial charge >= 0.3 is 6.36 Å². The van der Waals surface area contributed by atoms with Gasteiger partial charge in [0.05, 0.1) is 0 Å². The van der Waals surface area contributed by atoms with Crippen LogP contribution in [0.25, 0.3) is 0 Å². The number of alkyl halides is 3. The van der Waals surface area contributed by atoms with E-state index >= 15 is 0 Å². The van der Waals surface area contributed by atoms with Crippen molar-refractivity contribution in [1.82, 2.24) is 10.9 Å². The molecule has 1 aliphatic carbocycles. The van der Waals surface area contributed by atoms with E-state index in [-0.39, 0.29) is 17.4 Å². The van der Waals surface area contributed by atoms with E-state index in [1.54, 1.807) is 0 Å². The molecule has 1 saturated carbocycles. The van der Waals surface area contributed by atoms with Gasteiger partial charge in [0, 0.05) is 11.5 Å². The van der Waals surface area contributed by atoms with Crippen LogP contribution in [0.1, 0.15) is 23.2 Å². The van der Waals surface area contributed by atoms with Gasteiger partial charge in [0.1, 0.15) is 5.75 Å². The van der Waals surface area contributed by atoms with Crippen molar-refractivity contribution >= 4 is 11.8 Å². The minimum absolute atomic E-state index is 0.0575. The molecule has 0 atom stereocenters. The molecule has 1 aromatic rings. The Labute approximate surface area is 112 Å². The first-order chi connectivity index (χ1) is 9.35. The van der Waals surface area contributed by atoms with Gasteiger partial charge in [-0.2, -0.15) is 0 Å². The van der Waals surface area contributed by atoms with Gasteiger partial charge in [-0.3, -0.25) is 20.4 Å². The van der Waals surface area contributed by atoms with E-state index in [1.165, 1.54) is 12.1 Å². The predicted molar refractivity (Wildman–Crippen MR) is 61.5 cm³/mol. The number of hydrazine groups is 1. The van der Waals surface area contributed by atoms with E-state index in [2.05, 4.69) is 15.6 Å². The van der Waals surface area contributed by atoms with Crippen LogP contribution in [0.5, 0.6) is 5.75 Å². The summed E-state index contributed by atoms with van der Waals surface area (Å²) >= 11 is 0. The van der Waals surface area contributed by atoms with Gasteiger partial charge in [-0.25, -0.2) is 0 Å². The van der Waals surface area contributed by atoms with Crippen LogP contribution < -0.4 is 15.6 Å². The van der Waals surface area contributed by atoms with Crippen LogP contribution >= 0.6 is 0 Å². The molecule has 0 aliphatic heterocycles. The van der Waals surface area contributed by atoms with Gasteiger partial charge in [0.2, 0.25) is 5.91 Å². The van der Waals surface area contributed by atoms with Crippen LogP contribution in [0.2, 0.25) is 0 Å². The quantitative estimate of drug-likeness (QED) is 0.833. The molecule has 1 aromatic carbocycles. The lowest BCUT2D eigenvalue weighted by atomic mass is 10.2. The van der Waals surface area contributed by atoms with Gasteiger partial charge in [0.15, 0.2) is 0 Å². The van der Waals surface area contributed by atoms with Crippen molar-refractivity contribution in [2.24, 2.45) is 5.92 Å². The second-order valence-electron chi connectivity index (χ2n) is 4.29. The lowest BCUT2D eigenvalue weighted by Gasteiger charge is -2.10. The van der Waals surface area contributed by atoms with Crippen LogP contribution in [0.15, 0.2) is 24.3 Å². The smallest absolute Gasteiger partial charge is 0.406 e. The zero-order valence-electron chi connectivity index (χ0n) is 10.2. The Balaban J connectivity index is 1.88. The first-order valence-corrected chi connectivity index (χ1v) is 5.81. The molecular weight excluding hydrogens is 277 g/mol. The number of benzene rings is 1. The second kappa shape index (κ2) is 5.40. The van der Waals surface area contributed by atoms with Crippen molar-refractivity contribution in [1.29, 1.82) is 0 Å². The molecule has 8 heteroatoms. The fourth-order valence-corrected chi connectivity index (χ4v) is 1.45. The molecule has 0 unspecified atom stereocenters. The summed E-state index contributed by atoms with van der Waals surface area (Å²) in [6, 6.07) is 4.37. The van der Waals surface area contributed by atoms with Crippen LogP contribution in [-0.2, 0) is 4.79 Å². The maximum atomic E-state index is 11.9. The maximum Gasteiger partial charge on any atom is 0.573 e. The van der Waals surface area contributed by atoms with Gasteiger partial charge in [0.25, 0.3) is 5.91 Å². The molecule has 0 saturated heterocycles. The van der Waals surface area contributed by atoms with Crippen LogP contribution in [0.3, 0.4) is 0 Å². The topological polar surface area (TPSA) is 67.4 Å². The molecular formula is C12H11F3N2O3. The van der Waals surface area contributed by atoms with Crippen molar-refractivity contribution in [2.75, 3.05) is 0 Å². The molecule has 108 valence electrons. The van der Waals surface area contributed by atoms with Crippen molar-refractivity contribution in [2.45, 2.75) is 19.2 Å². The number of hydrogen-bond donors (Lipinski definition) is 2. The third-order valence-corrected chi connectivity index (χ3v) is 2.60. The molecule has 0 heterocycles. The minimum Gasteiger partial charge on any atom is -0.406 e. The number of halogens is 3. The number of nitrogens with one attached hydrogen (secondary N) is 2. The number of hydrogen-bond acceptors (Lipinski definition) is 3. The molecule has 0 bridgehead atoms. The Bertz CT molecular complexity index is 510. The van der Waals surface area contributed by atoms with Gasteiger partial charge < -0.3 is 4.74 Å². The molecule has 5 nitrogen and oxygen atoms in total. The van der Waals surface area contributed by atoms with E-state index < -0.39 is 18.0 Å². The van der Waals surface area contributed by atoms with E-state index in [0.29, 0.717) is 0 Å². The Hall–Kier alpha value is -2.25. The Morgan fingerprint density at radius 2 is 1.70 bits per heavy atom. The predicted octanol–water partition coefficient (Wildman–Crippen LogP) is 1.76. The first-order valence-electron chi connectivity index (χ1n) is 5.81. The zero-order valence-corrected chi connectivity index (χ0v) is 10.2. The molecule has 0 aromatic heterocycles. The lowest BCUT2D eigenvalue weighted by Crippen LogP contribution is -2.42. The zero-order chi connectivity index (χ0) is 14.8. The van der Waals surface area contributed by atoms with Gasteiger partial charge in [-0.05, 0) is 37.1 Å². The Morgan fingerprint density at radius 3 is 2.20 bits per heavy atom. The summed E-state index contributed by atoms with van der Waals surface area (Å²) in [5, 5.41) is 0. The maximum absolute atomic E-state index is 11.9. The Morgan fingerprint density at radius 1 is 1.10 bits per heavy atom. The minimum atomic E-state index is -4.78. The SMILES string of the molecule is O=C(NNC(=O)C1CC1)c1ccc(OC(F)(F)F)cc1. The molecule has 20 heavy (non-hydrogen) atoms. The Kier molecular flexibility index (Phi) is 3.82. The van der Waals surface area contributed by atoms with Gasteiger partial charge in [-0.15, -0.1) is 13.2 Å². The van der Waals surface area contributed by atoms with E-state index in [4.69, 9.17) is 0 Å². The molecule has 2 rings (SSSR count). The molecule has 2 N–H and O–H groups in total. The highest BCUT2D eigenvalue weighted by molar-refractivity contribution is 5.95. The summed E-state index contributed by atoms with van der Waals surface area (Å²) in [6.45, 7) is 0. The third-order valence-electron chi connectivity index (χ3n) is 2.60. The highest BCUT2D eigenvalue weighted by atomic mass is 19.4. The normalized spacial score (nSPS) is 14.6. The number of carbonyl (C=O) groups excluding carboxylic acids is 2. The fourth-order valence-electron chi connectivity index (χ4n) is 1.45. The van der Waals surface area contributed by atoms with E-state index in [0.717, 1.165) is 25.0 Å². The summed E-state index contributed by atoms with van der Waals surface area (Å²) < 4.78 is 39.5. The van der Waals surface area contributed by atoms with Crippen molar-refractivity contribution in [3.63, 3.8) is 0 Å². The lowest BCUT2D eigenvalue weighted by molar-refractivity contribution is -0.274. The summed E-state index contributed by atoms with van der Waals surface area (Å²) in [5.41, 5.74) is 4.54. The van der Waals surface area contributed by atoms with E-state index in [9.17, 15) is 22.8 Å². The molecule has 1 aliphatic rings. The number of amides is 2. The summed E-state index contributed by atoms with van der Waals surface area (Å²) in [5.74, 6) is -1.36. The summed E-state index contributed by atoms with van der Waals surface area (Å²) in [6.07, 6.45) is -3.18. The van der Waals surface area contributed by atoms with Crippen LogP contribution in [-0.4, -0.2) is 18.2 Å². The second-order valence-corrected chi connectivity index (χ2v) is 4.29. The first kappa shape index (κ1) is 14.2. The average molecular weight is 288 g/mol. The highest BCUT2D eigenvalue weighted by Gasteiger charge is 2.31. The summed E-state index contributed by atoms with van der Waals surface area (Å²) in [7, 11) is 0. The average Bonchev–Trinajstić information content (AvgIpc) is 3.18. The highest BCUT2D eigenvalue weighted by Crippen LogP contribution is 2.28. The largest absolute Gasteiger partial charge is 0.573 e. The number of ether oxygens (including phenoxy) is 1. The van der Waals surface area contributed by atoms with Crippen molar-refractivity contribution in [3.8, 4) is 5.75 Å². The molecule has 1 fully saturated rings. The summed E-state index contributed by atoms with van der Waals surface area (Å²) in [4.78, 5) is 22.9. The van der Waals surface area contributed by atoms with Crippen molar-refractivity contribution < 1.29 is 27.5 Å². The monoisotopic (exact) mass is 288 g/mol. The van der Waals surface area contributed by atoms with Crippen molar-refractivity contribution in [3.05, 3.63) is 29.8 Å². The third kappa shape index (κ3) is 4.15. The molecule has 0 spiro atoms. The van der Waals surface area contributed by atoms with Gasteiger partial charge in [-0.1, -0.05) is 0 Å². The van der Waals surface area contributed by atoms with Crippen LogP contribution in [0.4, 0.5) is 13.2 Å². The van der Waals surface area contributed by atoms with Crippen LogP contribution in [0, 0.1) is 5.92 Å². The standard InChI is InChI=1S/C12H11F3N2O3/c13-12(14,15)20-9-5-3-8(4-6-9)11(19)17-16-10(18)7-1-2-7/h3-7H,1-2H2,(H,16,18)(H,17,19). The number of carbonyl (C=O) groups is 2. The fraction of sp³-hybridized carbons (Fsp3) is 0.333. The molecule has 0 radical (unpaired) electrons. The van der Waals surface area contributed by atoms with E-state index in [1.807, 2.05) is 0 Å². The molecule has 2 amide bonds.